The average molecular weight is 402 g/mol. The van der Waals surface area contributed by atoms with Crippen molar-refractivity contribution in [1.82, 2.24) is 9.88 Å². The molecule has 4 aliphatic carbocycles. The first-order valence-corrected chi connectivity index (χ1v) is 10.4. The Balaban J connectivity index is 1.55. The molecule has 1 N–H and O–H groups in total. The number of aliphatic hydroxyl groups is 1. The summed E-state index contributed by atoms with van der Waals surface area (Å²) in [4.78, 5) is 18.2. The lowest BCUT2D eigenvalue weighted by Gasteiger charge is -2.56. The molecule has 4 saturated carbocycles. The predicted molar refractivity (Wildman–Crippen MR) is 95.0 cm³/mol. The molecule has 8 heteroatoms. The first-order valence-electron chi connectivity index (χ1n) is 9.56. The number of aryl methyl sites for hydroxylation is 1. The molecular weight excluding hydrogens is 377 g/mol. The van der Waals surface area contributed by atoms with Gasteiger partial charge in [-0.1, -0.05) is 0 Å². The third-order valence-corrected chi connectivity index (χ3v) is 7.98. The average Bonchev–Trinajstić information content (AvgIpc) is 2.99. The predicted octanol–water partition coefficient (Wildman–Crippen LogP) is 3.87. The van der Waals surface area contributed by atoms with Gasteiger partial charge in [0.05, 0.1) is 6.42 Å². The maximum atomic E-state index is 13.7. The molecule has 1 amide bonds. The number of nitrogens with zero attached hydrogens (tertiary/aromatic N) is 2. The summed E-state index contributed by atoms with van der Waals surface area (Å²) in [5, 5.41) is 11.5. The van der Waals surface area contributed by atoms with Crippen molar-refractivity contribution in [2.75, 3.05) is 7.05 Å². The highest BCUT2D eigenvalue weighted by Gasteiger charge is 2.59. The minimum absolute atomic E-state index is 0.000754. The van der Waals surface area contributed by atoms with E-state index >= 15 is 0 Å². The molecule has 0 radical (unpaired) electrons. The van der Waals surface area contributed by atoms with E-state index in [-0.39, 0.29) is 6.04 Å². The Morgan fingerprint density at radius 1 is 1.22 bits per heavy atom. The molecule has 0 spiro atoms. The summed E-state index contributed by atoms with van der Waals surface area (Å²) in [6.07, 6.45) is -0.404. The summed E-state index contributed by atoms with van der Waals surface area (Å²) in [5.41, 5.74) is -2.83. The zero-order chi connectivity index (χ0) is 19.6. The maximum Gasteiger partial charge on any atom is 0.424 e. The highest BCUT2D eigenvalue weighted by atomic mass is 32.1. The van der Waals surface area contributed by atoms with Gasteiger partial charge >= 0.3 is 6.18 Å². The molecule has 0 aliphatic heterocycles. The van der Waals surface area contributed by atoms with Crippen molar-refractivity contribution in [3.63, 3.8) is 0 Å². The molecule has 150 valence electrons. The molecule has 1 aromatic heterocycles. The first kappa shape index (κ1) is 19.2. The molecule has 4 fully saturated rings. The van der Waals surface area contributed by atoms with Gasteiger partial charge in [0.2, 0.25) is 11.5 Å². The maximum absolute atomic E-state index is 13.7. The standard InChI is InChI=1S/C19H25F3N2O2S/c1-10-9-27-17(23-10)18(26,19(20,21)22)8-15(25)24(2)16-13-4-11-3-12(6-13)7-14(16)5-11/h9,11-14,16,26H,3-8H2,1-2H3/t11?,12?,13?,14?,16?,18-/m0/s1. The van der Waals surface area contributed by atoms with Crippen molar-refractivity contribution in [1.29, 1.82) is 0 Å². The van der Waals surface area contributed by atoms with E-state index in [2.05, 4.69) is 4.98 Å². The Hall–Kier alpha value is -1.15. The van der Waals surface area contributed by atoms with Crippen LogP contribution in [0.2, 0.25) is 0 Å². The Morgan fingerprint density at radius 3 is 2.22 bits per heavy atom. The SMILES string of the molecule is Cc1csc([C@@](O)(CC(=O)N(C)C2C3CC4CC(C3)CC2C4)C(F)(F)F)n1. The van der Waals surface area contributed by atoms with Crippen LogP contribution in [-0.2, 0) is 10.4 Å². The van der Waals surface area contributed by atoms with Crippen molar-refractivity contribution in [3.8, 4) is 0 Å². The zero-order valence-electron chi connectivity index (χ0n) is 15.5. The number of thiazole rings is 1. The third kappa shape index (κ3) is 3.18. The van der Waals surface area contributed by atoms with E-state index in [4.69, 9.17) is 0 Å². The lowest BCUT2D eigenvalue weighted by molar-refractivity contribution is -0.268. The number of carbonyl (C=O) groups is 1. The van der Waals surface area contributed by atoms with E-state index in [1.54, 1.807) is 14.0 Å². The highest BCUT2D eigenvalue weighted by molar-refractivity contribution is 7.09. The number of carbonyl (C=O) groups excluding carboxylic acids is 1. The summed E-state index contributed by atoms with van der Waals surface area (Å²) < 4.78 is 41.1. The van der Waals surface area contributed by atoms with Crippen molar-refractivity contribution >= 4 is 17.2 Å². The summed E-state index contributed by atoms with van der Waals surface area (Å²) in [6.45, 7) is 1.57. The third-order valence-electron chi connectivity index (χ3n) is 6.87. The normalized spacial score (nSPS) is 34.5. The van der Waals surface area contributed by atoms with Crippen LogP contribution in [0.15, 0.2) is 5.38 Å². The lowest BCUT2D eigenvalue weighted by Crippen LogP contribution is -2.57. The van der Waals surface area contributed by atoms with Crippen LogP contribution >= 0.6 is 11.3 Å². The van der Waals surface area contributed by atoms with Crippen LogP contribution in [0.1, 0.15) is 49.2 Å². The van der Waals surface area contributed by atoms with Gasteiger partial charge in [-0.25, -0.2) is 4.98 Å². The summed E-state index contributed by atoms with van der Waals surface area (Å²) in [5.74, 6) is 1.56. The minimum Gasteiger partial charge on any atom is -0.374 e. The smallest absolute Gasteiger partial charge is 0.374 e. The number of amides is 1. The fourth-order valence-corrected chi connectivity index (χ4v) is 6.79. The van der Waals surface area contributed by atoms with Gasteiger partial charge in [-0.05, 0) is 62.7 Å². The molecule has 4 aliphatic rings. The number of hydrogen-bond donors (Lipinski definition) is 1. The summed E-state index contributed by atoms with van der Waals surface area (Å²) in [7, 11) is 1.61. The molecule has 0 saturated heterocycles. The Bertz CT molecular complexity index is 707. The Kier molecular flexibility index (Phi) is 4.57. The largest absolute Gasteiger partial charge is 0.424 e. The lowest BCUT2D eigenvalue weighted by atomic mass is 9.54. The first-order chi connectivity index (χ1) is 12.6. The Labute approximate surface area is 160 Å². The molecule has 5 rings (SSSR count). The topological polar surface area (TPSA) is 53.4 Å². The van der Waals surface area contributed by atoms with Crippen molar-refractivity contribution in [3.05, 3.63) is 16.1 Å². The van der Waals surface area contributed by atoms with E-state index in [9.17, 15) is 23.1 Å². The minimum atomic E-state index is -4.96. The monoisotopic (exact) mass is 402 g/mol. The van der Waals surface area contributed by atoms with Gasteiger partial charge in [0, 0.05) is 24.2 Å². The molecular formula is C19H25F3N2O2S. The van der Waals surface area contributed by atoms with E-state index < -0.39 is 29.1 Å². The fourth-order valence-electron chi connectivity index (χ4n) is 5.88. The number of hydrogen-bond acceptors (Lipinski definition) is 4. The van der Waals surface area contributed by atoms with Crippen LogP contribution in [0.4, 0.5) is 13.2 Å². The molecule has 27 heavy (non-hydrogen) atoms. The van der Waals surface area contributed by atoms with Crippen LogP contribution in [0, 0.1) is 30.6 Å². The zero-order valence-corrected chi connectivity index (χ0v) is 16.3. The molecule has 1 atom stereocenters. The second-order valence-corrected chi connectivity index (χ2v) is 9.61. The van der Waals surface area contributed by atoms with Crippen LogP contribution in [0.25, 0.3) is 0 Å². The van der Waals surface area contributed by atoms with E-state index in [0.717, 1.165) is 48.9 Å². The van der Waals surface area contributed by atoms with Crippen LogP contribution in [-0.4, -0.2) is 40.2 Å². The number of aromatic nitrogens is 1. The molecule has 4 bridgehead atoms. The molecule has 0 aromatic carbocycles. The Morgan fingerprint density at radius 2 is 1.78 bits per heavy atom. The van der Waals surface area contributed by atoms with Gasteiger partial charge in [-0.15, -0.1) is 11.3 Å². The molecule has 1 aromatic rings. The van der Waals surface area contributed by atoms with E-state index in [0.29, 0.717) is 17.5 Å². The molecule has 4 nitrogen and oxygen atoms in total. The van der Waals surface area contributed by atoms with Crippen molar-refractivity contribution in [2.24, 2.45) is 23.7 Å². The quantitative estimate of drug-likeness (QED) is 0.832. The van der Waals surface area contributed by atoms with Crippen molar-refractivity contribution in [2.45, 2.75) is 63.3 Å². The molecule has 0 unspecified atom stereocenters. The fraction of sp³-hybridized carbons (Fsp3) is 0.789. The van der Waals surface area contributed by atoms with Gasteiger partial charge in [0.1, 0.15) is 5.01 Å². The highest BCUT2D eigenvalue weighted by Crippen LogP contribution is 2.55. The van der Waals surface area contributed by atoms with Crippen LogP contribution in [0.3, 0.4) is 0 Å². The number of halogens is 3. The van der Waals surface area contributed by atoms with Crippen LogP contribution < -0.4 is 0 Å². The summed E-state index contributed by atoms with van der Waals surface area (Å²) in [6, 6.07) is 0.000754. The number of rotatable bonds is 4. The molecule has 1 heterocycles. The van der Waals surface area contributed by atoms with Crippen LogP contribution in [0.5, 0.6) is 0 Å². The van der Waals surface area contributed by atoms with Gasteiger partial charge in [0.25, 0.3) is 0 Å². The van der Waals surface area contributed by atoms with Gasteiger partial charge < -0.3 is 10.0 Å². The second-order valence-electron chi connectivity index (χ2n) is 8.75. The summed E-state index contributed by atoms with van der Waals surface area (Å²) >= 11 is 0.744. The number of alkyl halides is 3. The van der Waals surface area contributed by atoms with Crippen molar-refractivity contribution < 1.29 is 23.1 Å². The van der Waals surface area contributed by atoms with E-state index in [1.807, 2.05) is 0 Å². The second kappa shape index (κ2) is 6.44. The van der Waals surface area contributed by atoms with Gasteiger partial charge in [-0.3, -0.25) is 4.79 Å². The van der Waals surface area contributed by atoms with E-state index in [1.165, 1.54) is 16.7 Å². The van der Waals surface area contributed by atoms with Gasteiger partial charge in [-0.2, -0.15) is 13.2 Å². The van der Waals surface area contributed by atoms with Gasteiger partial charge in [0.15, 0.2) is 0 Å².